The molecule has 0 unspecified atom stereocenters. The predicted molar refractivity (Wildman–Crippen MR) is 110 cm³/mol. The maximum Gasteiger partial charge on any atom is 0.324 e. The molecule has 7 nitrogen and oxygen atoms in total. The Hall–Kier alpha value is -3.06. The van der Waals surface area contributed by atoms with E-state index in [0.717, 1.165) is 11.1 Å². The summed E-state index contributed by atoms with van der Waals surface area (Å²) in [6.45, 7) is 4.45. The van der Waals surface area contributed by atoms with Crippen molar-refractivity contribution in [3.8, 4) is 17.1 Å². The van der Waals surface area contributed by atoms with Gasteiger partial charge in [-0.1, -0.05) is 34.5 Å². The number of nitrogens with zero attached hydrogens (tertiary/aromatic N) is 4. The zero-order valence-corrected chi connectivity index (χ0v) is 16.8. The van der Waals surface area contributed by atoms with Gasteiger partial charge in [0.15, 0.2) is 6.61 Å². The fourth-order valence-electron chi connectivity index (χ4n) is 3.08. The van der Waals surface area contributed by atoms with Gasteiger partial charge in [-0.3, -0.25) is 4.79 Å². The van der Waals surface area contributed by atoms with E-state index in [-0.39, 0.29) is 12.5 Å². The van der Waals surface area contributed by atoms with E-state index in [0.29, 0.717) is 48.8 Å². The first kappa shape index (κ1) is 19.3. The summed E-state index contributed by atoms with van der Waals surface area (Å²) < 4.78 is 11.0. The van der Waals surface area contributed by atoms with Gasteiger partial charge in [0.1, 0.15) is 5.75 Å². The number of ether oxygens (including phenoxy) is 1. The Morgan fingerprint density at radius 2 is 1.76 bits per heavy atom. The fourth-order valence-corrected chi connectivity index (χ4v) is 3.20. The number of rotatable bonds is 5. The van der Waals surface area contributed by atoms with Gasteiger partial charge in [-0.25, -0.2) is 0 Å². The van der Waals surface area contributed by atoms with Gasteiger partial charge in [0.05, 0.1) is 0 Å². The third-order valence-electron chi connectivity index (χ3n) is 4.80. The molecule has 1 amide bonds. The zero-order chi connectivity index (χ0) is 20.2. The average molecular weight is 413 g/mol. The van der Waals surface area contributed by atoms with E-state index in [1.54, 1.807) is 17.0 Å². The lowest BCUT2D eigenvalue weighted by molar-refractivity contribution is -0.133. The molecular formula is C21H21ClN4O3. The molecule has 0 saturated carbocycles. The summed E-state index contributed by atoms with van der Waals surface area (Å²) in [7, 11) is 0. The van der Waals surface area contributed by atoms with Crippen LogP contribution in [-0.2, 0) is 4.79 Å². The van der Waals surface area contributed by atoms with Crippen molar-refractivity contribution in [3.05, 3.63) is 59.1 Å². The van der Waals surface area contributed by atoms with Crippen molar-refractivity contribution >= 4 is 23.5 Å². The van der Waals surface area contributed by atoms with Gasteiger partial charge in [0.25, 0.3) is 5.91 Å². The van der Waals surface area contributed by atoms with Crippen LogP contribution >= 0.6 is 11.6 Å². The minimum absolute atomic E-state index is 0.0300. The molecule has 1 aliphatic heterocycles. The average Bonchev–Trinajstić information content (AvgIpc) is 3.24. The minimum Gasteiger partial charge on any atom is -0.484 e. The number of piperazine rings is 1. The van der Waals surface area contributed by atoms with Gasteiger partial charge in [-0.2, -0.15) is 4.98 Å². The van der Waals surface area contributed by atoms with Crippen molar-refractivity contribution in [2.75, 3.05) is 37.7 Å². The Bertz CT molecular complexity index is 964. The smallest absolute Gasteiger partial charge is 0.324 e. The first-order valence-electron chi connectivity index (χ1n) is 9.40. The zero-order valence-electron chi connectivity index (χ0n) is 16.0. The summed E-state index contributed by atoms with van der Waals surface area (Å²) in [6, 6.07) is 15.4. The molecule has 29 heavy (non-hydrogen) atoms. The summed E-state index contributed by atoms with van der Waals surface area (Å²) in [5, 5.41) is 4.70. The second-order valence-electron chi connectivity index (χ2n) is 6.88. The van der Waals surface area contributed by atoms with Crippen LogP contribution in [-0.4, -0.2) is 53.7 Å². The van der Waals surface area contributed by atoms with E-state index >= 15 is 0 Å². The summed E-state index contributed by atoms with van der Waals surface area (Å²) in [5.74, 6) is 1.18. The van der Waals surface area contributed by atoms with Gasteiger partial charge in [-0.05, 0) is 43.3 Å². The van der Waals surface area contributed by atoms with E-state index in [9.17, 15) is 4.79 Å². The van der Waals surface area contributed by atoms with Crippen LogP contribution in [0.1, 0.15) is 5.56 Å². The molecule has 1 aromatic heterocycles. The van der Waals surface area contributed by atoms with Crippen LogP contribution in [0.3, 0.4) is 0 Å². The van der Waals surface area contributed by atoms with Crippen LogP contribution in [0.15, 0.2) is 53.1 Å². The lowest BCUT2D eigenvalue weighted by Gasteiger charge is -2.33. The molecule has 150 valence electrons. The largest absolute Gasteiger partial charge is 0.484 e. The van der Waals surface area contributed by atoms with Gasteiger partial charge < -0.3 is 19.1 Å². The molecule has 4 rings (SSSR count). The molecule has 2 aromatic carbocycles. The highest BCUT2D eigenvalue weighted by Crippen LogP contribution is 2.22. The third-order valence-corrected chi connectivity index (χ3v) is 5.06. The molecule has 1 aliphatic rings. The van der Waals surface area contributed by atoms with Crippen molar-refractivity contribution in [1.29, 1.82) is 0 Å². The standard InChI is InChI=1S/C21H21ClN4O3/c1-15-2-8-18(9-3-15)28-14-19(27)25-10-12-26(13-11-25)21-23-20(24-29-21)16-4-6-17(22)7-5-16/h2-9H,10-14H2,1H3. The number of halogens is 1. The van der Waals surface area contributed by atoms with E-state index in [1.165, 1.54) is 0 Å². The Kier molecular flexibility index (Phi) is 5.67. The molecule has 0 N–H and O–H groups in total. The summed E-state index contributed by atoms with van der Waals surface area (Å²) in [4.78, 5) is 20.7. The molecular weight excluding hydrogens is 392 g/mol. The second kappa shape index (κ2) is 8.53. The highest BCUT2D eigenvalue weighted by atomic mass is 35.5. The van der Waals surface area contributed by atoms with E-state index in [1.807, 2.05) is 48.2 Å². The summed E-state index contributed by atoms with van der Waals surface area (Å²) >= 11 is 5.92. The number of anilines is 1. The lowest BCUT2D eigenvalue weighted by Crippen LogP contribution is -2.50. The van der Waals surface area contributed by atoms with E-state index in [2.05, 4.69) is 10.1 Å². The number of benzene rings is 2. The van der Waals surface area contributed by atoms with Gasteiger partial charge in [0, 0.05) is 36.8 Å². The van der Waals surface area contributed by atoms with Crippen LogP contribution < -0.4 is 9.64 Å². The van der Waals surface area contributed by atoms with Gasteiger partial charge in [-0.15, -0.1) is 0 Å². The molecule has 0 spiro atoms. The maximum atomic E-state index is 12.4. The van der Waals surface area contributed by atoms with Gasteiger partial charge in [0.2, 0.25) is 5.82 Å². The predicted octanol–water partition coefficient (Wildman–Crippen LogP) is 3.43. The van der Waals surface area contributed by atoms with Crippen molar-refractivity contribution in [2.24, 2.45) is 0 Å². The molecule has 8 heteroatoms. The van der Waals surface area contributed by atoms with E-state index in [4.69, 9.17) is 20.9 Å². The molecule has 0 aliphatic carbocycles. The van der Waals surface area contributed by atoms with Crippen LogP contribution in [0.4, 0.5) is 6.01 Å². The van der Waals surface area contributed by atoms with Crippen molar-refractivity contribution in [2.45, 2.75) is 6.92 Å². The Morgan fingerprint density at radius 3 is 2.45 bits per heavy atom. The van der Waals surface area contributed by atoms with Crippen LogP contribution in [0.2, 0.25) is 5.02 Å². The van der Waals surface area contributed by atoms with Gasteiger partial charge >= 0.3 is 6.01 Å². The first-order chi connectivity index (χ1) is 14.1. The van der Waals surface area contributed by atoms with Crippen LogP contribution in [0, 0.1) is 6.92 Å². The lowest BCUT2D eigenvalue weighted by atomic mass is 10.2. The number of carbonyl (C=O) groups is 1. The second-order valence-corrected chi connectivity index (χ2v) is 7.31. The number of aromatic nitrogens is 2. The summed E-state index contributed by atoms with van der Waals surface area (Å²) in [6.07, 6.45) is 0. The number of aryl methyl sites for hydroxylation is 1. The topological polar surface area (TPSA) is 71.7 Å². The van der Waals surface area contributed by atoms with E-state index < -0.39 is 0 Å². The number of amides is 1. The molecule has 0 radical (unpaired) electrons. The van der Waals surface area contributed by atoms with Crippen molar-refractivity contribution in [3.63, 3.8) is 0 Å². The fraction of sp³-hybridized carbons (Fsp3) is 0.286. The molecule has 3 aromatic rings. The SMILES string of the molecule is Cc1ccc(OCC(=O)N2CCN(c3nc(-c4ccc(Cl)cc4)no3)CC2)cc1. The number of hydrogen-bond donors (Lipinski definition) is 0. The maximum absolute atomic E-state index is 12.4. The Labute approximate surface area is 173 Å². The normalized spacial score (nSPS) is 14.1. The highest BCUT2D eigenvalue weighted by Gasteiger charge is 2.24. The van der Waals surface area contributed by atoms with Crippen molar-refractivity contribution in [1.82, 2.24) is 15.0 Å². The number of hydrogen-bond acceptors (Lipinski definition) is 6. The minimum atomic E-state index is -0.0300. The first-order valence-corrected chi connectivity index (χ1v) is 9.78. The quantitative estimate of drug-likeness (QED) is 0.639. The van der Waals surface area contributed by atoms with Crippen LogP contribution in [0.5, 0.6) is 5.75 Å². The highest BCUT2D eigenvalue weighted by molar-refractivity contribution is 6.30. The number of carbonyl (C=O) groups excluding carboxylic acids is 1. The molecule has 0 atom stereocenters. The summed E-state index contributed by atoms with van der Waals surface area (Å²) in [5.41, 5.74) is 1.99. The molecule has 1 fully saturated rings. The Morgan fingerprint density at radius 1 is 1.07 bits per heavy atom. The molecule has 1 saturated heterocycles. The van der Waals surface area contributed by atoms with Crippen LogP contribution in [0.25, 0.3) is 11.4 Å². The molecule has 2 heterocycles. The third kappa shape index (κ3) is 4.68. The Balaban J connectivity index is 1.29. The molecule has 0 bridgehead atoms. The van der Waals surface area contributed by atoms with Crippen molar-refractivity contribution < 1.29 is 14.1 Å². The monoisotopic (exact) mass is 412 g/mol.